The van der Waals surface area contributed by atoms with Crippen molar-refractivity contribution in [1.29, 1.82) is 0 Å². The number of thioether (sulfide) groups is 2. The summed E-state index contributed by atoms with van der Waals surface area (Å²) < 4.78 is 0. The van der Waals surface area contributed by atoms with Crippen LogP contribution in [0.4, 0.5) is 11.4 Å². The molecule has 3 aromatic rings. The van der Waals surface area contributed by atoms with Gasteiger partial charge in [0.2, 0.25) is 0 Å². The van der Waals surface area contributed by atoms with E-state index in [1.807, 2.05) is 41.3 Å². The molecule has 33 heavy (non-hydrogen) atoms. The van der Waals surface area contributed by atoms with Crippen molar-refractivity contribution in [1.82, 2.24) is 4.90 Å². The van der Waals surface area contributed by atoms with Crippen LogP contribution in [0.3, 0.4) is 0 Å². The smallest absolute Gasteiger partial charge is 0.269 e. The highest BCUT2D eigenvalue weighted by atomic mass is 32.2. The Balaban J connectivity index is 1.52. The van der Waals surface area contributed by atoms with Crippen molar-refractivity contribution in [3.05, 3.63) is 99.9 Å². The molecule has 0 aliphatic carbocycles. The molecule has 1 saturated heterocycles. The van der Waals surface area contributed by atoms with Gasteiger partial charge in [-0.2, -0.15) is 0 Å². The van der Waals surface area contributed by atoms with Gasteiger partial charge in [-0.25, -0.2) is 4.99 Å². The molecule has 0 saturated carbocycles. The molecule has 0 unspecified atom stereocenters. The number of benzene rings is 3. The predicted octanol–water partition coefficient (Wildman–Crippen LogP) is 6.60. The minimum absolute atomic E-state index is 0.0380. The minimum atomic E-state index is 0.0380. The van der Waals surface area contributed by atoms with Crippen molar-refractivity contribution in [2.45, 2.75) is 25.2 Å². The normalized spacial score (nSPS) is 19.0. The summed E-state index contributed by atoms with van der Waals surface area (Å²) in [5, 5.41) is 1.75. The maximum Gasteiger partial charge on any atom is 0.269 e. The van der Waals surface area contributed by atoms with Gasteiger partial charge in [-0.3, -0.25) is 9.69 Å². The number of aliphatic imine (C=N–C) groups is 1. The largest absolute Gasteiger partial charge is 0.334 e. The summed E-state index contributed by atoms with van der Waals surface area (Å²) in [4.78, 5) is 24.7. The van der Waals surface area contributed by atoms with Crippen LogP contribution in [0.5, 0.6) is 0 Å². The van der Waals surface area contributed by atoms with Crippen LogP contribution < -0.4 is 4.90 Å². The number of para-hydroxylation sites is 1. The van der Waals surface area contributed by atoms with Crippen LogP contribution in [-0.4, -0.2) is 29.1 Å². The van der Waals surface area contributed by atoms with E-state index in [0.29, 0.717) is 6.54 Å². The molecule has 0 atom stereocenters. The van der Waals surface area contributed by atoms with E-state index in [-0.39, 0.29) is 5.91 Å². The maximum absolute atomic E-state index is 13.7. The molecule has 2 aliphatic heterocycles. The molecule has 6 heteroatoms. The lowest BCUT2D eigenvalue weighted by Crippen LogP contribution is -2.32. The number of aryl methyl sites for hydroxylation is 1. The molecule has 4 nitrogen and oxygen atoms in total. The molecule has 1 fully saturated rings. The second-order valence-electron chi connectivity index (χ2n) is 7.98. The lowest BCUT2D eigenvalue weighted by atomic mass is 10.1. The van der Waals surface area contributed by atoms with Gasteiger partial charge < -0.3 is 4.90 Å². The van der Waals surface area contributed by atoms with Crippen LogP contribution >= 0.6 is 23.5 Å². The SMILES string of the molecule is CCN1C(=C2SC(=Nc3cccc(C)c3)N(CCc3ccccc3)C2=O)Sc2ccccc21. The molecular formula is C27H25N3OS2. The van der Waals surface area contributed by atoms with E-state index in [1.165, 1.54) is 27.9 Å². The number of anilines is 1. The van der Waals surface area contributed by atoms with Crippen LogP contribution in [-0.2, 0) is 11.2 Å². The minimum Gasteiger partial charge on any atom is -0.334 e. The van der Waals surface area contributed by atoms with Gasteiger partial charge in [0.05, 0.1) is 11.4 Å². The van der Waals surface area contributed by atoms with E-state index in [4.69, 9.17) is 4.99 Å². The maximum atomic E-state index is 13.7. The Morgan fingerprint density at radius 3 is 2.45 bits per heavy atom. The van der Waals surface area contributed by atoms with Crippen LogP contribution in [0.2, 0.25) is 0 Å². The van der Waals surface area contributed by atoms with E-state index in [9.17, 15) is 4.79 Å². The molecule has 2 aliphatic rings. The molecule has 3 aromatic carbocycles. The summed E-state index contributed by atoms with van der Waals surface area (Å²) in [7, 11) is 0. The first-order valence-corrected chi connectivity index (χ1v) is 12.7. The fourth-order valence-corrected chi connectivity index (χ4v) is 6.44. The third-order valence-corrected chi connectivity index (χ3v) is 8.05. The topological polar surface area (TPSA) is 35.9 Å². The number of hydrogen-bond acceptors (Lipinski definition) is 5. The van der Waals surface area contributed by atoms with Crippen LogP contribution in [0, 0.1) is 6.92 Å². The number of carbonyl (C=O) groups excluding carboxylic acids is 1. The first kappa shape index (κ1) is 21.9. The van der Waals surface area contributed by atoms with Gasteiger partial charge in [-0.1, -0.05) is 66.4 Å². The molecule has 0 bridgehead atoms. The molecule has 0 radical (unpaired) electrons. The fourth-order valence-electron chi connectivity index (χ4n) is 4.03. The van der Waals surface area contributed by atoms with Gasteiger partial charge in [0.25, 0.3) is 5.91 Å². The van der Waals surface area contributed by atoms with Gasteiger partial charge in [-0.05, 0) is 67.4 Å². The van der Waals surface area contributed by atoms with Gasteiger partial charge >= 0.3 is 0 Å². The standard InChI is InChI=1S/C27H25N3OS2/c1-3-29-22-14-7-8-15-23(22)32-26(29)24-25(31)30(17-16-20-11-5-4-6-12-20)27(33-24)28-21-13-9-10-19(2)18-21/h4-15,18H,3,16-17H2,1-2H3. The van der Waals surface area contributed by atoms with E-state index >= 15 is 0 Å². The number of nitrogens with zero attached hydrogens (tertiary/aromatic N) is 3. The Kier molecular flexibility index (Phi) is 6.29. The monoisotopic (exact) mass is 471 g/mol. The van der Waals surface area contributed by atoms with E-state index in [2.05, 4.69) is 61.2 Å². The molecular weight excluding hydrogens is 446 g/mol. The Hall–Kier alpha value is -2.96. The highest BCUT2D eigenvalue weighted by molar-refractivity contribution is 8.19. The highest BCUT2D eigenvalue weighted by Gasteiger charge is 2.39. The van der Waals surface area contributed by atoms with Crippen molar-refractivity contribution in [3.8, 4) is 0 Å². The molecule has 0 N–H and O–H groups in total. The van der Waals surface area contributed by atoms with E-state index in [1.54, 1.807) is 11.8 Å². The number of amidine groups is 1. The lowest BCUT2D eigenvalue weighted by molar-refractivity contribution is -0.122. The third kappa shape index (κ3) is 4.45. The first-order valence-electron chi connectivity index (χ1n) is 11.1. The number of fused-ring (bicyclic) bond motifs is 1. The van der Waals surface area contributed by atoms with Crippen LogP contribution in [0.15, 0.2) is 98.7 Å². The van der Waals surface area contributed by atoms with Crippen LogP contribution in [0.1, 0.15) is 18.1 Å². The Morgan fingerprint density at radius 2 is 1.67 bits per heavy atom. The van der Waals surface area contributed by atoms with Gasteiger partial charge in [-0.15, -0.1) is 0 Å². The van der Waals surface area contributed by atoms with E-state index in [0.717, 1.165) is 39.3 Å². The number of rotatable bonds is 5. The zero-order valence-corrected chi connectivity index (χ0v) is 20.3. The number of carbonyl (C=O) groups is 1. The Labute approximate surface area is 203 Å². The summed E-state index contributed by atoms with van der Waals surface area (Å²) in [6, 6.07) is 26.8. The summed E-state index contributed by atoms with van der Waals surface area (Å²) in [5.41, 5.74) is 4.40. The second kappa shape index (κ2) is 9.49. The van der Waals surface area contributed by atoms with Crippen LogP contribution in [0.25, 0.3) is 0 Å². The summed E-state index contributed by atoms with van der Waals surface area (Å²) in [6.07, 6.45) is 0.785. The van der Waals surface area contributed by atoms with Gasteiger partial charge in [0.15, 0.2) is 5.17 Å². The van der Waals surface area contributed by atoms with E-state index < -0.39 is 0 Å². The zero-order valence-electron chi connectivity index (χ0n) is 18.7. The van der Waals surface area contributed by atoms with Gasteiger partial charge in [0.1, 0.15) is 9.93 Å². The molecule has 5 rings (SSSR count). The number of amides is 1. The van der Waals surface area contributed by atoms with Crippen molar-refractivity contribution in [2.24, 2.45) is 4.99 Å². The molecule has 166 valence electrons. The van der Waals surface area contributed by atoms with Crippen molar-refractivity contribution in [3.63, 3.8) is 0 Å². The second-order valence-corrected chi connectivity index (χ2v) is 9.98. The molecule has 2 heterocycles. The average molecular weight is 472 g/mol. The molecule has 0 spiro atoms. The summed E-state index contributed by atoms with van der Waals surface area (Å²) in [6.45, 7) is 5.59. The van der Waals surface area contributed by atoms with Crippen molar-refractivity contribution < 1.29 is 4.79 Å². The lowest BCUT2D eigenvalue weighted by Gasteiger charge is -2.19. The summed E-state index contributed by atoms with van der Waals surface area (Å²) in [5.74, 6) is 0.0380. The Morgan fingerprint density at radius 1 is 0.879 bits per heavy atom. The highest BCUT2D eigenvalue weighted by Crippen LogP contribution is 2.50. The predicted molar refractivity (Wildman–Crippen MR) is 140 cm³/mol. The third-order valence-electron chi connectivity index (χ3n) is 5.68. The van der Waals surface area contributed by atoms with Gasteiger partial charge in [0, 0.05) is 18.0 Å². The number of hydrogen-bond donors (Lipinski definition) is 0. The molecule has 1 amide bonds. The molecule has 0 aromatic heterocycles. The fraction of sp³-hybridized carbons (Fsp3) is 0.185. The van der Waals surface area contributed by atoms with Crippen molar-refractivity contribution in [2.75, 3.05) is 18.0 Å². The quantitative estimate of drug-likeness (QED) is 0.393. The zero-order chi connectivity index (χ0) is 22.8. The first-order chi connectivity index (χ1) is 16.1. The average Bonchev–Trinajstić information content (AvgIpc) is 3.35. The van der Waals surface area contributed by atoms with Crippen molar-refractivity contribution >= 4 is 46.0 Å². The Bertz CT molecular complexity index is 1250. The summed E-state index contributed by atoms with van der Waals surface area (Å²) >= 11 is 3.17.